The zero-order chi connectivity index (χ0) is 13.5. The molecule has 0 aliphatic heterocycles. The van der Waals surface area contributed by atoms with E-state index in [0.29, 0.717) is 12.4 Å². The molecule has 0 aliphatic rings. The van der Waals surface area contributed by atoms with Gasteiger partial charge in [0.2, 0.25) is 5.91 Å². The van der Waals surface area contributed by atoms with Gasteiger partial charge in [0.1, 0.15) is 0 Å². The molecule has 1 rings (SSSR count). The summed E-state index contributed by atoms with van der Waals surface area (Å²) in [6, 6.07) is 5.82. The smallest absolute Gasteiger partial charge is 0.230 e. The third kappa shape index (κ3) is 4.98. The summed E-state index contributed by atoms with van der Waals surface area (Å²) in [6.45, 7) is 4.40. The number of anilines is 1. The van der Waals surface area contributed by atoms with E-state index in [1.165, 1.54) is 11.8 Å². The summed E-state index contributed by atoms with van der Waals surface area (Å²) in [7, 11) is 1.62. The van der Waals surface area contributed by atoms with Gasteiger partial charge in [-0.1, -0.05) is 0 Å². The predicted molar refractivity (Wildman–Crippen MR) is 75.8 cm³/mol. The summed E-state index contributed by atoms with van der Waals surface area (Å²) in [5.41, 5.74) is 7.55. The quantitative estimate of drug-likeness (QED) is 0.610. The van der Waals surface area contributed by atoms with Crippen LogP contribution in [-0.2, 0) is 9.53 Å². The van der Waals surface area contributed by atoms with Crippen molar-refractivity contribution in [2.45, 2.75) is 24.8 Å². The van der Waals surface area contributed by atoms with E-state index < -0.39 is 0 Å². The van der Waals surface area contributed by atoms with E-state index in [2.05, 4.69) is 5.32 Å². The van der Waals surface area contributed by atoms with Crippen LogP contribution in [0.15, 0.2) is 23.1 Å². The second kappa shape index (κ2) is 7.28. The first kappa shape index (κ1) is 14.9. The summed E-state index contributed by atoms with van der Waals surface area (Å²) in [4.78, 5) is 12.7. The standard InChI is InChI=1S/C13H20N2O2S/c1-9-6-11(4-5-12(9)14)18-8-13(16)15-10(2)7-17-3/h4-6,10H,7-8,14H2,1-3H3,(H,15,16). The predicted octanol–water partition coefficient (Wildman–Crippen LogP) is 1.82. The first-order valence-electron chi connectivity index (χ1n) is 5.80. The number of carbonyl (C=O) groups is 1. The molecule has 1 unspecified atom stereocenters. The number of aryl methyl sites for hydroxylation is 1. The Balaban J connectivity index is 2.40. The normalized spacial score (nSPS) is 12.2. The number of hydrogen-bond acceptors (Lipinski definition) is 4. The largest absolute Gasteiger partial charge is 0.399 e. The van der Waals surface area contributed by atoms with Crippen molar-refractivity contribution in [1.82, 2.24) is 5.32 Å². The van der Waals surface area contributed by atoms with Crippen molar-refractivity contribution in [3.63, 3.8) is 0 Å². The molecule has 100 valence electrons. The van der Waals surface area contributed by atoms with Crippen molar-refractivity contribution in [3.05, 3.63) is 23.8 Å². The van der Waals surface area contributed by atoms with Crippen LogP contribution >= 0.6 is 11.8 Å². The van der Waals surface area contributed by atoms with Crippen LogP contribution in [0, 0.1) is 6.92 Å². The molecule has 1 aromatic rings. The number of nitrogens with one attached hydrogen (secondary N) is 1. The van der Waals surface area contributed by atoms with E-state index in [-0.39, 0.29) is 11.9 Å². The Morgan fingerprint density at radius 2 is 2.28 bits per heavy atom. The van der Waals surface area contributed by atoms with Crippen molar-refractivity contribution in [2.24, 2.45) is 0 Å². The lowest BCUT2D eigenvalue weighted by atomic mass is 10.2. The molecule has 0 aliphatic carbocycles. The fraction of sp³-hybridized carbons (Fsp3) is 0.462. The van der Waals surface area contributed by atoms with E-state index in [1.807, 2.05) is 32.0 Å². The Morgan fingerprint density at radius 3 is 2.89 bits per heavy atom. The summed E-state index contributed by atoms with van der Waals surface area (Å²) in [6.07, 6.45) is 0. The molecule has 18 heavy (non-hydrogen) atoms. The van der Waals surface area contributed by atoms with E-state index in [4.69, 9.17) is 10.5 Å². The van der Waals surface area contributed by atoms with Gasteiger partial charge < -0.3 is 15.8 Å². The summed E-state index contributed by atoms with van der Waals surface area (Å²) < 4.78 is 4.96. The van der Waals surface area contributed by atoms with Gasteiger partial charge in [-0.15, -0.1) is 11.8 Å². The van der Waals surface area contributed by atoms with E-state index >= 15 is 0 Å². The van der Waals surface area contributed by atoms with Gasteiger partial charge in [0, 0.05) is 23.7 Å². The van der Waals surface area contributed by atoms with Crippen LogP contribution in [0.1, 0.15) is 12.5 Å². The van der Waals surface area contributed by atoms with Gasteiger partial charge >= 0.3 is 0 Å². The van der Waals surface area contributed by atoms with Crippen molar-refractivity contribution >= 4 is 23.4 Å². The fourth-order valence-corrected chi connectivity index (χ4v) is 2.30. The summed E-state index contributed by atoms with van der Waals surface area (Å²) >= 11 is 1.50. The second-order valence-corrected chi connectivity index (χ2v) is 5.28. The van der Waals surface area contributed by atoms with Crippen molar-refractivity contribution in [2.75, 3.05) is 25.2 Å². The number of methoxy groups -OCH3 is 1. The Bertz CT molecular complexity index is 410. The minimum Gasteiger partial charge on any atom is -0.399 e. The highest BCUT2D eigenvalue weighted by Crippen LogP contribution is 2.22. The van der Waals surface area contributed by atoms with Gasteiger partial charge in [0.05, 0.1) is 12.4 Å². The summed E-state index contributed by atoms with van der Waals surface area (Å²) in [5.74, 6) is 0.413. The number of benzene rings is 1. The Morgan fingerprint density at radius 1 is 1.56 bits per heavy atom. The van der Waals surface area contributed by atoms with Crippen molar-refractivity contribution in [1.29, 1.82) is 0 Å². The maximum absolute atomic E-state index is 11.6. The molecule has 3 N–H and O–H groups in total. The Labute approximate surface area is 112 Å². The van der Waals surface area contributed by atoms with Gasteiger partial charge in [-0.25, -0.2) is 0 Å². The van der Waals surface area contributed by atoms with Crippen LogP contribution in [0.5, 0.6) is 0 Å². The molecule has 1 atom stereocenters. The highest BCUT2D eigenvalue weighted by Gasteiger charge is 2.07. The monoisotopic (exact) mass is 268 g/mol. The molecular weight excluding hydrogens is 248 g/mol. The number of nitrogen functional groups attached to an aromatic ring is 1. The number of thioether (sulfide) groups is 1. The maximum atomic E-state index is 11.6. The Kier molecular flexibility index (Phi) is 6.01. The SMILES string of the molecule is COCC(C)NC(=O)CSc1ccc(N)c(C)c1. The van der Waals surface area contributed by atoms with Crippen molar-refractivity contribution < 1.29 is 9.53 Å². The molecule has 0 aromatic heterocycles. The van der Waals surface area contributed by atoms with Gasteiger partial charge in [-0.2, -0.15) is 0 Å². The molecule has 0 fully saturated rings. The number of amides is 1. The molecule has 0 saturated carbocycles. The molecule has 1 aromatic carbocycles. The number of rotatable bonds is 6. The molecule has 0 spiro atoms. The van der Waals surface area contributed by atoms with E-state index in [1.54, 1.807) is 7.11 Å². The highest BCUT2D eigenvalue weighted by atomic mass is 32.2. The van der Waals surface area contributed by atoms with Crippen LogP contribution in [0.3, 0.4) is 0 Å². The van der Waals surface area contributed by atoms with E-state index in [9.17, 15) is 4.79 Å². The molecule has 0 heterocycles. The minimum atomic E-state index is 0.0130. The average Bonchev–Trinajstić information content (AvgIpc) is 2.31. The van der Waals surface area contributed by atoms with Gasteiger partial charge in [0.25, 0.3) is 0 Å². The second-order valence-electron chi connectivity index (χ2n) is 4.23. The minimum absolute atomic E-state index is 0.0130. The maximum Gasteiger partial charge on any atom is 0.230 e. The molecule has 4 nitrogen and oxygen atoms in total. The molecule has 0 bridgehead atoms. The first-order chi connectivity index (χ1) is 8.52. The lowest BCUT2D eigenvalue weighted by Gasteiger charge is -2.12. The van der Waals surface area contributed by atoms with E-state index in [0.717, 1.165) is 16.1 Å². The van der Waals surface area contributed by atoms with Crippen LogP contribution in [-0.4, -0.2) is 31.4 Å². The zero-order valence-corrected chi connectivity index (χ0v) is 11.8. The topological polar surface area (TPSA) is 64.3 Å². The highest BCUT2D eigenvalue weighted by molar-refractivity contribution is 8.00. The third-order valence-electron chi connectivity index (χ3n) is 2.44. The molecule has 0 saturated heterocycles. The molecule has 1 amide bonds. The number of carbonyl (C=O) groups excluding carboxylic acids is 1. The lowest BCUT2D eigenvalue weighted by Crippen LogP contribution is -2.36. The molecule has 0 radical (unpaired) electrons. The van der Waals surface area contributed by atoms with Crippen LogP contribution in [0.2, 0.25) is 0 Å². The average molecular weight is 268 g/mol. The van der Waals surface area contributed by atoms with Gasteiger partial charge in [-0.05, 0) is 37.6 Å². The van der Waals surface area contributed by atoms with Gasteiger partial charge in [-0.3, -0.25) is 4.79 Å². The van der Waals surface area contributed by atoms with Crippen LogP contribution < -0.4 is 11.1 Å². The van der Waals surface area contributed by atoms with Crippen LogP contribution in [0.4, 0.5) is 5.69 Å². The first-order valence-corrected chi connectivity index (χ1v) is 6.78. The number of nitrogens with two attached hydrogens (primary N) is 1. The number of hydrogen-bond donors (Lipinski definition) is 2. The zero-order valence-electron chi connectivity index (χ0n) is 11.0. The Hall–Kier alpha value is -1.20. The number of ether oxygens (including phenoxy) is 1. The third-order valence-corrected chi connectivity index (χ3v) is 3.43. The van der Waals surface area contributed by atoms with Crippen LogP contribution in [0.25, 0.3) is 0 Å². The lowest BCUT2D eigenvalue weighted by molar-refractivity contribution is -0.119. The molecule has 5 heteroatoms. The van der Waals surface area contributed by atoms with Crippen molar-refractivity contribution in [3.8, 4) is 0 Å². The molecular formula is C13H20N2O2S. The van der Waals surface area contributed by atoms with Gasteiger partial charge in [0.15, 0.2) is 0 Å². The summed E-state index contributed by atoms with van der Waals surface area (Å²) in [5, 5.41) is 2.87. The fourth-order valence-electron chi connectivity index (χ4n) is 1.50.